The smallest absolute Gasteiger partial charge is 0.136 e. The molecule has 1 rings (SSSR count). The van der Waals surface area contributed by atoms with Crippen LogP contribution in [0.5, 0.6) is 0 Å². The van der Waals surface area contributed by atoms with E-state index in [0.717, 1.165) is 0 Å². The van der Waals surface area contributed by atoms with Gasteiger partial charge in [0.1, 0.15) is 15.9 Å². The van der Waals surface area contributed by atoms with Gasteiger partial charge in [0, 0.05) is 0 Å². The zero-order valence-electron chi connectivity index (χ0n) is 7.37. The molecule has 1 aromatic rings. The lowest BCUT2D eigenvalue weighted by Crippen LogP contribution is -2.14. The second-order valence-electron chi connectivity index (χ2n) is 3.05. The molecule has 0 aromatic carbocycles. The summed E-state index contributed by atoms with van der Waals surface area (Å²) in [5, 5.41) is 16.9. The first-order valence-electron chi connectivity index (χ1n) is 3.72. The van der Waals surface area contributed by atoms with Crippen LogP contribution in [0, 0.1) is 11.8 Å². The summed E-state index contributed by atoms with van der Waals surface area (Å²) in [7, 11) is 0. The molecule has 1 heterocycles. The van der Waals surface area contributed by atoms with Crippen molar-refractivity contribution in [3.05, 3.63) is 22.4 Å². The van der Waals surface area contributed by atoms with Gasteiger partial charge in [0.05, 0.1) is 0 Å². The molecular formula is C9H9BrN2O. The average molecular weight is 241 g/mol. The molecule has 4 heteroatoms. The highest BCUT2D eigenvalue weighted by Gasteiger charge is 2.05. The summed E-state index contributed by atoms with van der Waals surface area (Å²) >= 11 is 3.16. The molecule has 0 bridgehead atoms. The Kier molecular flexibility index (Phi) is 3.02. The van der Waals surface area contributed by atoms with Crippen LogP contribution in [0.3, 0.4) is 0 Å². The van der Waals surface area contributed by atoms with E-state index in [2.05, 4.69) is 38.0 Å². The summed E-state index contributed by atoms with van der Waals surface area (Å²) in [4.78, 5) is 0. The molecule has 0 fully saturated rings. The van der Waals surface area contributed by atoms with Crippen molar-refractivity contribution in [1.29, 1.82) is 0 Å². The fourth-order valence-corrected chi connectivity index (χ4v) is 0.811. The van der Waals surface area contributed by atoms with Crippen molar-refractivity contribution in [1.82, 2.24) is 10.2 Å². The van der Waals surface area contributed by atoms with Gasteiger partial charge in [0.2, 0.25) is 0 Å². The van der Waals surface area contributed by atoms with Crippen LogP contribution in [0.25, 0.3) is 0 Å². The average Bonchev–Trinajstić information content (AvgIpc) is 2.02. The third kappa shape index (κ3) is 4.02. The van der Waals surface area contributed by atoms with Crippen LogP contribution < -0.4 is 0 Å². The first-order valence-corrected chi connectivity index (χ1v) is 4.51. The summed E-state index contributed by atoms with van der Waals surface area (Å²) in [6, 6.07) is 3.48. The fourth-order valence-electron chi connectivity index (χ4n) is 0.600. The lowest BCUT2D eigenvalue weighted by atomic mass is 10.1. The SMILES string of the molecule is CC(C)(O)C#Cc1ccc(Br)nn1. The maximum atomic E-state index is 9.30. The molecule has 68 valence electrons. The van der Waals surface area contributed by atoms with Gasteiger partial charge in [-0.2, -0.15) is 0 Å². The normalized spacial score (nSPS) is 10.5. The van der Waals surface area contributed by atoms with Crippen molar-refractivity contribution in [3.8, 4) is 11.8 Å². The van der Waals surface area contributed by atoms with E-state index < -0.39 is 5.60 Å². The van der Waals surface area contributed by atoms with Crippen molar-refractivity contribution < 1.29 is 5.11 Å². The monoisotopic (exact) mass is 240 g/mol. The van der Waals surface area contributed by atoms with Gasteiger partial charge in [-0.3, -0.25) is 0 Å². The molecule has 0 atom stereocenters. The largest absolute Gasteiger partial charge is 0.378 e. The van der Waals surface area contributed by atoms with Crippen LogP contribution in [-0.4, -0.2) is 20.9 Å². The molecule has 0 spiro atoms. The minimum atomic E-state index is -0.991. The first kappa shape index (κ1) is 10.2. The Morgan fingerprint density at radius 1 is 1.38 bits per heavy atom. The van der Waals surface area contributed by atoms with Crippen LogP contribution >= 0.6 is 15.9 Å². The van der Waals surface area contributed by atoms with E-state index in [1.165, 1.54) is 0 Å². The molecule has 0 saturated carbocycles. The lowest BCUT2D eigenvalue weighted by Gasteiger charge is -2.05. The second kappa shape index (κ2) is 3.86. The Balaban J connectivity index is 2.85. The number of aromatic nitrogens is 2. The molecule has 0 unspecified atom stereocenters. The Hall–Kier alpha value is -0.920. The lowest BCUT2D eigenvalue weighted by molar-refractivity contribution is 0.143. The van der Waals surface area contributed by atoms with Crippen LogP contribution in [-0.2, 0) is 0 Å². The molecule has 1 aromatic heterocycles. The van der Waals surface area contributed by atoms with Crippen LogP contribution in [0.15, 0.2) is 16.7 Å². The maximum Gasteiger partial charge on any atom is 0.136 e. The summed E-state index contributed by atoms with van der Waals surface area (Å²) in [5.74, 6) is 5.36. The minimum absolute atomic E-state index is 0.547. The van der Waals surface area contributed by atoms with E-state index in [0.29, 0.717) is 10.3 Å². The van der Waals surface area contributed by atoms with E-state index >= 15 is 0 Å². The minimum Gasteiger partial charge on any atom is -0.378 e. The molecule has 0 aliphatic carbocycles. The standard InChI is InChI=1S/C9H9BrN2O/c1-9(2,13)6-5-7-3-4-8(10)12-11-7/h3-4,13H,1-2H3. The molecule has 0 radical (unpaired) electrons. The first-order chi connectivity index (χ1) is 5.97. The summed E-state index contributed by atoms with van der Waals surface area (Å²) in [6.07, 6.45) is 0. The fraction of sp³-hybridized carbons (Fsp3) is 0.333. The second-order valence-corrected chi connectivity index (χ2v) is 3.86. The predicted octanol–water partition coefficient (Wildman–Crippen LogP) is 1.36. The molecular weight excluding hydrogens is 232 g/mol. The number of nitrogens with zero attached hydrogens (tertiary/aromatic N) is 2. The highest BCUT2D eigenvalue weighted by Crippen LogP contribution is 2.03. The Morgan fingerprint density at radius 3 is 2.54 bits per heavy atom. The van der Waals surface area contributed by atoms with Gasteiger partial charge < -0.3 is 5.11 Å². The number of halogens is 1. The number of aliphatic hydroxyl groups is 1. The van der Waals surface area contributed by atoms with Crippen molar-refractivity contribution in [2.24, 2.45) is 0 Å². The highest BCUT2D eigenvalue weighted by atomic mass is 79.9. The Bertz CT molecular complexity index is 343. The number of rotatable bonds is 0. The van der Waals surface area contributed by atoms with E-state index in [4.69, 9.17) is 0 Å². The molecule has 1 N–H and O–H groups in total. The molecule has 13 heavy (non-hydrogen) atoms. The molecule has 3 nitrogen and oxygen atoms in total. The molecule has 0 aliphatic rings. The summed E-state index contributed by atoms with van der Waals surface area (Å²) < 4.78 is 0.668. The van der Waals surface area contributed by atoms with Gasteiger partial charge in [0.25, 0.3) is 0 Å². The molecule has 0 amide bonds. The quantitative estimate of drug-likeness (QED) is 0.697. The highest BCUT2D eigenvalue weighted by molar-refractivity contribution is 9.10. The van der Waals surface area contributed by atoms with Crippen LogP contribution in [0.1, 0.15) is 19.5 Å². The van der Waals surface area contributed by atoms with Gasteiger partial charge in [-0.25, -0.2) is 0 Å². The zero-order valence-corrected chi connectivity index (χ0v) is 8.96. The van der Waals surface area contributed by atoms with Crippen LogP contribution in [0.2, 0.25) is 0 Å². The maximum absolute atomic E-state index is 9.30. The zero-order chi connectivity index (χ0) is 9.90. The number of hydrogen-bond donors (Lipinski definition) is 1. The molecule has 0 saturated heterocycles. The van der Waals surface area contributed by atoms with E-state index in [1.54, 1.807) is 26.0 Å². The predicted molar refractivity (Wildman–Crippen MR) is 52.9 cm³/mol. The summed E-state index contributed by atoms with van der Waals surface area (Å²) in [5.41, 5.74) is -0.445. The van der Waals surface area contributed by atoms with Crippen molar-refractivity contribution in [3.63, 3.8) is 0 Å². The third-order valence-electron chi connectivity index (χ3n) is 1.13. The molecule has 0 aliphatic heterocycles. The third-order valence-corrected chi connectivity index (χ3v) is 1.55. The van der Waals surface area contributed by atoms with Crippen molar-refractivity contribution >= 4 is 15.9 Å². The number of hydrogen-bond acceptors (Lipinski definition) is 3. The van der Waals surface area contributed by atoms with Gasteiger partial charge >= 0.3 is 0 Å². The van der Waals surface area contributed by atoms with Gasteiger partial charge in [-0.15, -0.1) is 10.2 Å². The van der Waals surface area contributed by atoms with Gasteiger partial charge in [0.15, 0.2) is 0 Å². The van der Waals surface area contributed by atoms with Crippen molar-refractivity contribution in [2.75, 3.05) is 0 Å². The van der Waals surface area contributed by atoms with Gasteiger partial charge in [-0.05, 0) is 47.8 Å². The Labute approximate surface area is 85.3 Å². The summed E-state index contributed by atoms with van der Waals surface area (Å²) in [6.45, 7) is 3.23. The Morgan fingerprint density at radius 2 is 2.08 bits per heavy atom. The van der Waals surface area contributed by atoms with E-state index in [-0.39, 0.29) is 0 Å². The van der Waals surface area contributed by atoms with E-state index in [9.17, 15) is 5.11 Å². The van der Waals surface area contributed by atoms with E-state index in [1.807, 2.05) is 0 Å². The topological polar surface area (TPSA) is 46.0 Å². The van der Waals surface area contributed by atoms with Crippen LogP contribution in [0.4, 0.5) is 0 Å². The van der Waals surface area contributed by atoms with Crippen molar-refractivity contribution in [2.45, 2.75) is 19.4 Å². The van der Waals surface area contributed by atoms with Gasteiger partial charge in [-0.1, -0.05) is 5.92 Å².